The van der Waals surface area contributed by atoms with Gasteiger partial charge in [-0.25, -0.2) is 0 Å². The van der Waals surface area contributed by atoms with Crippen molar-refractivity contribution in [2.45, 2.75) is 320 Å². The first-order chi connectivity index (χ1) is 25.8. The van der Waals surface area contributed by atoms with E-state index in [-0.39, 0.29) is 0 Å². The summed E-state index contributed by atoms with van der Waals surface area (Å²) in [6.07, 6.45) is 14.3. The summed E-state index contributed by atoms with van der Waals surface area (Å²) in [6, 6.07) is 0. The van der Waals surface area contributed by atoms with Gasteiger partial charge in [-0.05, 0) is 66.0 Å². The standard InChI is InChI=1S/C10H22.2C9H20.3C8H18.C7H16/c1-7-10(6,8-2)9(3,4)5;1-7-9(5,6)8(2,3)4;1-6-9(5,7-2)8(3)4;1-7(2,3)8(4,5)6;1-6-8(4,5)7(2)3;1-5-8(4,6-2)7-3;1-5-7(3,4)6-2/h7-8H2,1-6H3;7H2,1-6H3;8H,6-7H2,1-5H3;1-6H3;7H,6H2,1-5H3;5-7H2,1-4H3;5-6H2,1-4H3. The van der Waals surface area contributed by atoms with Gasteiger partial charge in [0.25, 0.3) is 0 Å². The van der Waals surface area contributed by atoms with Gasteiger partial charge in [0.05, 0.1) is 0 Å². The van der Waals surface area contributed by atoms with Crippen LogP contribution in [0.4, 0.5) is 0 Å². The smallest absolute Gasteiger partial charge is 0.0282 e. The van der Waals surface area contributed by atoms with E-state index < -0.39 is 0 Å². The van der Waals surface area contributed by atoms with Crippen LogP contribution in [0.15, 0.2) is 0 Å². The Balaban J connectivity index is -0.000000107. The maximum atomic E-state index is 2.38. The molecule has 0 rings (SSSR count). The molecule has 0 heteroatoms. The Morgan fingerprint density at radius 3 is 0.559 bits per heavy atom. The van der Waals surface area contributed by atoms with Crippen LogP contribution in [-0.2, 0) is 0 Å². The molecule has 368 valence electrons. The van der Waals surface area contributed by atoms with Crippen LogP contribution >= 0.6 is 0 Å². The molecule has 0 aliphatic rings. The van der Waals surface area contributed by atoms with Crippen molar-refractivity contribution >= 4 is 0 Å². The Morgan fingerprint density at radius 1 is 0.271 bits per heavy atom. The Morgan fingerprint density at radius 2 is 0.559 bits per heavy atom. The average Bonchev–Trinajstić information content (AvgIpc) is 3.13. The topological polar surface area (TPSA) is 0 Å². The van der Waals surface area contributed by atoms with Crippen molar-refractivity contribution in [1.29, 1.82) is 0 Å². The molecule has 0 aliphatic carbocycles. The molecule has 0 aromatic heterocycles. The second kappa shape index (κ2) is 31.8. The average molecular weight is 842 g/mol. The Bertz CT molecular complexity index is 848. The zero-order chi connectivity index (χ0) is 49.9. The molecule has 0 amide bonds. The van der Waals surface area contributed by atoms with Crippen molar-refractivity contribution in [1.82, 2.24) is 0 Å². The molecule has 0 saturated heterocycles. The van der Waals surface area contributed by atoms with Gasteiger partial charge in [0.1, 0.15) is 0 Å². The zero-order valence-corrected chi connectivity index (χ0v) is 49.9. The minimum Gasteiger partial charge on any atom is -0.0649 e. The third-order valence-electron chi connectivity index (χ3n) is 18.5. The summed E-state index contributed by atoms with van der Waals surface area (Å²) in [5.74, 6) is 1.64. The fourth-order valence-electron chi connectivity index (χ4n) is 4.32. The number of hydrogen-bond donors (Lipinski definition) is 0. The molecule has 0 aliphatic heterocycles. The van der Waals surface area contributed by atoms with Crippen molar-refractivity contribution in [3.05, 3.63) is 0 Å². The summed E-state index contributed by atoms with van der Waals surface area (Å²) in [6.45, 7) is 82.6. The summed E-state index contributed by atoms with van der Waals surface area (Å²) < 4.78 is 0. The Labute approximate surface area is 384 Å². The van der Waals surface area contributed by atoms with Gasteiger partial charge in [-0.2, -0.15) is 0 Å². The first-order valence-corrected chi connectivity index (χ1v) is 25.8. The van der Waals surface area contributed by atoms with Crippen LogP contribution in [0.3, 0.4) is 0 Å². The van der Waals surface area contributed by atoms with Crippen molar-refractivity contribution < 1.29 is 0 Å². The first kappa shape index (κ1) is 73.4. The third-order valence-corrected chi connectivity index (χ3v) is 18.5. The molecule has 0 atom stereocenters. The molecule has 0 radical (unpaired) electrons. The fourth-order valence-corrected chi connectivity index (χ4v) is 4.32. The van der Waals surface area contributed by atoms with Crippen LogP contribution in [-0.4, -0.2) is 0 Å². The minimum absolute atomic E-state index is 0.437. The molecule has 0 saturated carbocycles. The van der Waals surface area contributed by atoms with Crippen LogP contribution in [0.5, 0.6) is 0 Å². The second-order valence-electron chi connectivity index (χ2n) is 26.3. The molecule has 0 spiro atoms. The van der Waals surface area contributed by atoms with E-state index >= 15 is 0 Å². The van der Waals surface area contributed by atoms with Crippen LogP contribution in [0.25, 0.3) is 0 Å². The lowest BCUT2D eigenvalue weighted by Gasteiger charge is -2.40. The molecule has 0 fully saturated rings. The Kier molecular flexibility index (Phi) is 39.5. The highest BCUT2D eigenvalue weighted by molar-refractivity contribution is 4.84. The molecule has 0 heterocycles. The van der Waals surface area contributed by atoms with Crippen LogP contribution < -0.4 is 0 Å². The molecule has 0 bridgehead atoms. The predicted molar refractivity (Wildman–Crippen MR) is 286 cm³/mol. The van der Waals surface area contributed by atoms with Crippen molar-refractivity contribution in [3.8, 4) is 0 Å². The van der Waals surface area contributed by atoms with E-state index in [1.54, 1.807) is 0 Å². The van der Waals surface area contributed by atoms with Gasteiger partial charge in [0.15, 0.2) is 0 Å². The van der Waals surface area contributed by atoms with Gasteiger partial charge in [-0.1, -0.05) is 320 Å². The maximum Gasteiger partial charge on any atom is -0.0282 e. The van der Waals surface area contributed by atoms with Crippen molar-refractivity contribution in [2.24, 2.45) is 66.0 Å². The lowest BCUT2D eigenvalue weighted by Crippen LogP contribution is -2.31. The van der Waals surface area contributed by atoms with E-state index in [2.05, 4.69) is 249 Å². The normalized spacial score (nSPS) is 13.1. The van der Waals surface area contributed by atoms with Gasteiger partial charge in [0.2, 0.25) is 0 Å². The SMILES string of the molecule is CC(C)(C)C(C)(C)C.CCC(C)(C)C(C)(C)C.CCC(C)(C)C(C)C.CCC(C)(C)CC.CCC(C)(CC)C(C)(C)C.CCC(C)(CC)C(C)C.CCC(C)(CC)CC. The van der Waals surface area contributed by atoms with Crippen LogP contribution in [0, 0.1) is 66.0 Å². The molecule has 0 aromatic carbocycles. The van der Waals surface area contributed by atoms with Crippen LogP contribution in [0.2, 0.25) is 0 Å². The first-order valence-electron chi connectivity index (χ1n) is 25.8. The van der Waals surface area contributed by atoms with Gasteiger partial charge in [-0.15, -0.1) is 0 Å². The monoisotopic (exact) mass is 841 g/mol. The lowest BCUT2D eigenvalue weighted by atomic mass is 9.65. The summed E-state index contributed by atoms with van der Waals surface area (Å²) in [5.41, 5.74) is 5.11. The van der Waals surface area contributed by atoms with E-state index in [9.17, 15) is 0 Å². The third kappa shape index (κ3) is 35.1. The predicted octanol–water partition coefficient (Wildman–Crippen LogP) is 23.0. The highest BCUT2D eigenvalue weighted by atomic mass is 14.4. The van der Waals surface area contributed by atoms with Crippen molar-refractivity contribution in [2.75, 3.05) is 0 Å². The molecule has 0 unspecified atom stereocenters. The summed E-state index contributed by atoms with van der Waals surface area (Å²) in [4.78, 5) is 0. The fraction of sp³-hybridized carbons (Fsp3) is 1.00. The van der Waals surface area contributed by atoms with Gasteiger partial charge < -0.3 is 0 Å². The largest absolute Gasteiger partial charge is 0.0649 e. The number of hydrogen-bond acceptors (Lipinski definition) is 0. The summed E-state index contributed by atoms with van der Waals surface area (Å²) in [7, 11) is 0. The van der Waals surface area contributed by atoms with Gasteiger partial charge in [0, 0.05) is 0 Å². The number of rotatable bonds is 13. The van der Waals surface area contributed by atoms with E-state index in [0.717, 1.165) is 11.8 Å². The quantitative estimate of drug-likeness (QED) is 0.173. The second-order valence-corrected chi connectivity index (χ2v) is 26.3. The molecule has 0 aromatic rings. The van der Waals surface area contributed by atoms with E-state index in [1.165, 1.54) is 70.6 Å². The van der Waals surface area contributed by atoms with Gasteiger partial charge in [-0.3, -0.25) is 0 Å². The van der Waals surface area contributed by atoms with Crippen LogP contribution in [0.1, 0.15) is 320 Å². The zero-order valence-electron chi connectivity index (χ0n) is 49.9. The summed E-state index contributed by atoms with van der Waals surface area (Å²) >= 11 is 0. The Hall–Kier alpha value is 0. The molecular formula is C59H132. The van der Waals surface area contributed by atoms with E-state index in [4.69, 9.17) is 0 Å². The highest BCUT2D eigenvalue weighted by Gasteiger charge is 2.33. The van der Waals surface area contributed by atoms with E-state index in [1.807, 2.05) is 0 Å². The van der Waals surface area contributed by atoms with Crippen molar-refractivity contribution in [3.63, 3.8) is 0 Å². The molecule has 59 heavy (non-hydrogen) atoms. The lowest BCUT2D eigenvalue weighted by molar-refractivity contribution is 0.0975. The molecular weight excluding hydrogens is 709 g/mol. The van der Waals surface area contributed by atoms with Gasteiger partial charge >= 0.3 is 0 Å². The summed E-state index contributed by atoms with van der Waals surface area (Å²) in [5, 5.41) is 0. The van der Waals surface area contributed by atoms with E-state index in [0.29, 0.717) is 54.1 Å². The minimum atomic E-state index is 0.437. The molecule has 0 N–H and O–H groups in total. The highest BCUT2D eigenvalue weighted by Crippen LogP contribution is 2.44. The maximum absolute atomic E-state index is 2.38. The molecule has 0 nitrogen and oxygen atoms in total.